The third kappa shape index (κ3) is 4.54. The molecule has 0 atom stereocenters. The maximum absolute atomic E-state index is 12.2. The lowest BCUT2D eigenvalue weighted by atomic mass is 9.97. The molecule has 4 rings (SSSR count). The molecule has 1 N–H and O–H groups in total. The average Bonchev–Trinajstić information content (AvgIpc) is 2.61. The molecule has 1 aromatic rings. The Morgan fingerprint density at radius 3 is 2.00 bits per heavy atom. The van der Waals surface area contributed by atoms with Gasteiger partial charge in [0.25, 0.3) is 0 Å². The number of amides is 1. The van der Waals surface area contributed by atoms with Crippen molar-refractivity contribution in [3.05, 3.63) is 29.8 Å². The molecule has 3 saturated heterocycles. The van der Waals surface area contributed by atoms with Crippen LogP contribution in [0, 0.1) is 0 Å². The van der Waals surface area contributed by atoms with Crippen LogP contribution in [0.3, 0.4) is 0 Å². The van der Waals surface area contributed by atoms with Gasteiger partial charge in [0.1, 0.15) is 5.60 Å². The van der Waals surface area contributed by atoms with E-state index in [0.717, 1.165) is 58.0 Å². The monoisotopic (exact) mass is 416 g/mol. The third-order valence-electron chi connectivity index (χ3n) is 6.23. The van der Waals surface area contributed by atoms with E-state index < -0.39 is 11.6 Å². The first-order valence-corrected chi connectivity index (χ1v) is 10.7. The van der Waals surface area contributed by atoms with E-state index in [9.17, 15) is 9.59 Å². The number of piperazine rings is 1. The molecule has 30 heavy (non-hydrogen) atoms. The second kappa shape index (κ2) is 8.07. The Morgan fingerprint density at radius 2 is 1.47 bits per heavy atom. The number of anilines is 1. The second-order valence-corrected chi connectivity index (χ2v) is 9.52. The lowest BCUT2D eigenvalue weighted by molar-refractivity contribution is -0.0292. The van der Waals surface area contributed by atoms with Crippen molar-refractivity contribution < 1.29 is 19.4 Å². The molecule has 8 heteroatoms. The van der Waals surface area contributed by atoms with Crippen molar-refractivity contribution in [1.29, 1.82) is 0 Å². The van der Waals surface area contributed by atoms with Gasteiger partial charge in [0, 0.05) is 70.1 Å². The van der Waals surface area contributed by atoms with Crippen LogP contribution in [-0.4, -0.2) is 102 Å². The van der Waals surface area contributed by atoms with Crippen LogP contribution in [0.5, 0.6) is 0 Å². The molecule has 3 aliphatic rings. The fraction of sp³-hybridized carbons (Fsp3) is 0.636. The maximum atomic E-state index is 12.2. The Bertz CT molecular complexity index is 771. The fourth-order valence-corrected chi connectivity index (χ4v) is 4.33. The Hall–Kier alpha value is -2.32. The van der Waals surface area contributed by atoms with Crippen molar-refractivity contribution >= 4 is 17.7 Å². The van der Waals surface area contributed by atoms with Crippen LogP contribution in [0.4, 0.5) is 10.5 Å². The van der Waals surface area contributed by atoms with Crippen LogP contribution in [0.1, 0.15) is 31.1 Å². The molecule has 3 heterocycles. The zero-order chi connectivity index (χ0) is 21.5. The van der Waals surface area contributed by atoms with E-state index in [2.05, 4.69) is 14.7 Å². The SMILES string of the molecule is CC(C)(C)OC(=O)N1CCN(C2CN(C3CN(c4ccc(C(=O)O)cc4)C3)C2)CC1. The van der Waals surface area contributed by atoms with Crippen molar-refractivity contribution in [3.8, 4) is 0 Å². The first-order valence-electron chi connectivity index (χ1n) is 10.7. The van der Waals surface area contributed by atoms with Gasteiger partial charge in [-0.15, -0.1) is 0 Å². The molecule has 0 aliphatic carbocycles. The molecule has 0 bridgehead atoms. The molecule has 0 saturated carbocycles. The van der Waals surface area contributed by atoms with Gasteiger partial charge in [-0.1, -0.05) is 0 Å². The highest BCUT2D eigenvalue weighted by Crippen LogP contribution is 2.28. The largest absolute Gasteiger partial charge is 0.478 e. The van der Waals surface area contributed by atoms with Crippen molar-refractivity contribution in [3.63, 3.8) is 0 Å². The Kier molecular flexibility index (Phi) is 5.63. The highest BCUT2D eigenvalue weighted by molar-refractivity contribution is 5.88. The number of aromatic carboxylic acids is 1. The summed E-state index contributed by atoms with van der Waals surface area (Å²) in [6.45, 7) is 13.1. The lowest BCUT2D eigenvalue weighted by Gasteiger charge is -2.55. The number of likely N-dealkylation sites (tertiary alicyclic amines) is 1. The molecule has 0 radical (unpaired) electrons. The number of carbonyl (C=O) groups excluding carboxylic acids is 1. The summed E-state index contributed by atoms with van der Waals surface area (Å²) in [5.74, 6) is -0.887. The fourth-order valence-electron chi connectivity index (χ4n) is 4.33. The zero-order valence-corrected chi connectivity index (χ0v) is 18.1. The van der Waals surface area contributed by atoms with Crippen molar-refractivity contribution in [2.24, 2.45) is 0 Å². The molecule has 1 aromatic carbocycles. The van der Waals surface area contributed by atoms with Gasteiger partial charge in [-0.2, -0.15) is 0 Å². The van der Waals surface area contributed by atoms with Gasteiger partial charge in [-0.05, 0) is 45.0 Å². The molecule has 3 fully saturated rings. The summed E-state index contributed by atoms with van der Waals surface area (Å²) >= 11 is 0. The summed E-state index contributed by atoms with van der Waals surface area (Å²) in [4.78, 5) is 32.3. The van der Waals surface area contributed by atoms with E-state index in [1.807, 2.05) is 37.8 Å². The smallest absolute Gasteiger partial charge is 0.410 e. The van der Waals surface area contributed by atoms with E-state index in [1.54, 1.807) is 12.1 Å². The van der Waals surface area contributed by atoms with Gasteiger partial charge < -0.3 is 19.6 Å². The topological polar surface area (TPSA) is 76.6 Å². The number of rotatable bonds is 4. The second-order valence-electron chi connectivity index (χ2n) is 9.52. The summed E-state index contributed by atoms with van der Waals surface area (Å²) in [6, 6.07) is 8.27. The Balaban J connectivity index is 1.16. The summed E-state index contributed by atoms with van der Waals surface area (Å²) in [6.07, 6.45) is -0.205. The predicted molar refractivity (Wildman–Crippen MR) is 114 cm³/mol. The van der Waals surface area contributed by atoms with Gasteiger partial charge in [0.15, 0.2) is 0 Å². The van der Waals surface area contributed by atoms with Crippen molar-refractivity contribution in [2.75, 3.05) is 57.3 Å². The van der Waals surface area contributed by atoms with E-state index in [-0.39, 0.29) is 6.09 Å². The van der Waals surface area contributed by atoms with Crippen LogP contribution in [0.25, 0.3) is 0 Å². The van der Waals surface area contributed by atoms with Crippen LogP contribution >= 0.6 is 0 Å². The number of benzene rings is 1. The van der Waals surface area contributed by atoms with E-state index in [4.69, 9.17) is 9.84 Å². The predicted octanol–water partition coefficient (Wildman–Crippen LogP) is 1.81. The summed E-state index contributed by atoms with van der Waals surface area (Å²) < 4.78 is 5.48. The standard InChI is InChI=1S/C22H32N4O4/c1-22(2,3)30-21(29)24-10-8-23(9-11-24)18-12-26(13-18)19-14-25(15-19)17-6-4-16(5-7-17)20(27)28/h4-7,18-19H,8-15H2,1-3H3,(H,27,28). The number of hydrogen-bond donors (Lipinski definition) is 1. The maximum Gasteiger partial charge on any atom is 0.410 e. The minimum absolute atomic E-state index is 0.205. The molecule has 0 unspecified atom stereocenters. The summed E-state index contributed by atoms with van der Waals surface area (Å²) in [7, 11) is 0. The summed E-state index contributed by atoms with van der Waals surface area (Å²) in [5, 5.41) is 9.01. The van der Waals surface area contributed by atoms with Crippen LogP contribution in [0.2, 0.25) is 0 Å². The molecule has 164 valence electrons. The first-order chi connectivity index (χ1) is 14.2. The van der Waals surface area contributed by atoms with Gasteiger partial charge in [0.05, 0.1) is 5.56 Å². The van der Waals surface area contributed by atoms with E-state index >= 15 is 0 Å². The Morgan fingerprint density at radius 1 is 0.900 bits per heavy atom. The van der Waals surface area contributed by atoms with Crippen LogP contribution in [0.15, 0.2) is 24.3 Å². The molecular formula is C22H32N4O4. The minimum Gasteiger partial charge on any atom is -0.478 e. The molecule has 0 spiro atoms. The van der Waals surface area contributed by atoms with Gasteiger partial charge in [-0.25, -0.2) is 9.59 Å². The number of ether oxygens (including phenoxy) is 1. The number of carboxylic acid groups (broad SMARTS) is 1. The number of hydrogen-bond acceptors (Lipinski definition) is 6. The van der Waals surface area contributed by atoms with Gasteiger partial charge in [0.2, 0.25) is 0 Å². The third-order valence-corrected chi connectivity index (χ3v) is 6.23. The molecule has 8 nitrogen and oxygen atoms in total. The van der Waals surface area contributed by atoms with Crippen molar-refractivity contribution in [2.45, 2.75) is 38.5 Å². The molecule has 0 aromatic heterocycles. The Labute approximate surface area is 178 Å². The zero-order valence-electron chi connectivity index (χ0n) is 18.1. The minimum atomic E-state index is -0.887. The summed E-state index contributed by atoms with van der Waals surface area (Å²) in [5.41, 5.74) is 0.970. The quantitative estimate of drug-likeness (QED) is 0.802. The van der Waals surface area contributed by atoms with Gasteiger partial charge >= 0.3 is 12.1 Å². The van der Waals surface area contributed by atoms with Crippen LogP contribution in [-0.2, 0) is 4.74 Å². The highest BCUT2D eigenvalue weighted by Gasteiger charge is 2.41. The molecule has 1 amide bonds. The molecule has 3 aliphatic heterocycles. The van der Waals surface area contributed by atoms with Crippen LogP contribution < -0.4 is 4.90 Å². The van der Waals surface area contributed by atoms with Crippen molar-refractivity contribution in [1.82, 2.24) is 14.7 Å². The number of carboxylic acids is 1. The normalized spacial score (nSPS) is 21.8. The molecular weight excluding hydrogens is 384 g/mol. The van der Waals surface area contributed by atoms with Gasteiger partial charge in [-0.3, -0.25) is 9.80 Å². The van der Waals surface area contributed by atoms with E-state index in [0.29, 0.717) is 17.6 Å². The lowest BCUT2D eigenvalue weighted by Crippen LogP contribution is -2.71. The average molecular weight is 417 g/mol. The number of nitrogens with zero attached hydrogens (tertiary/aromatic N) is 4. The number of carbonyl (C=O) groups is 2. The first kappa shape index (κ1) is 20.9. The highest BCUT2D eigenvalue weighted by atomic mass is 16.6. The van der Waals surface area contributed by atoms with E-state index in [1.165, 1.54) is 0 Å².